The number of ether oxygens (including phenoxy) is 3. The van der Waals surface area contributed by atoms with Crippen molar-refractivity contribution in [3.8, 4) is 0 Å². The molecule has 6 heteroatoms. The highest BCUT2D eigenvalue weighted by Gasteiger charge is 2.19. The zero-order valence-electron chi connectivity index (χ0n) is 34.1. The van der Waals surface area contributed by atoms with E-state index in [2.05, 4.69) is 69.4 Å². The standard InChI is InChI=1S/C46H80O6/c1-4-7-10-13-16-19-20-21-22-23-24-25-26-28-30-33-36-39-45(48)51-42-43(41-50-44(47)38-35-32-29-18-15-12-9-6-3)52-46(49)40-37-34-31-27-17-14-11-8-5-2/h7,10,16,19,21-22,24-25,43H,4-6,8-9,11-15,17-18,20,23,26-42H2,1-3H3/b10-7-,19-16-,22-21-,25-24-. The lowest BCUT2D eigenvalue weighted by Crippen LogP contribution is -2.30. The van der Waals surface area contributed by atoms with Gasteiger partial charge in [-0.3, -0.25) is 14.4 Å². The van der Waals surface area contributed by atoms with Crippen LogP contribution in [0.4, 0.5) is 0 Å². The Kier molecular flexibility index (Phi) is 39.1. The highest BCUT2D eigenvalue weighted by atomic mass is 16.6. The van der Waals surface area contributed by atoms with Crippen molar-refractivity contribution in [3.05, 3.63) is 48.6 Å². The molecule has 0 spiro atoms. The van der Waals surface area contributed by atoms with Crippen LogP contribution in [-0.4, -0.2) is 37.2 Å². The van der Waals surface area contributed by atoms with Crippen molar-refractivity contribution in [2.45, 2.75) is 213 Å². The minimum absolute atomic E-state index is 0.0794. The van der Waals surface area contributed by atoms with Crippen molar-refractivity contribution in [2.24, 2.45) is 0 Å². The summed E-state index contributed by atoms with van der Waals surface area (Å²) in [6.45, 7) is 6.43. The van der Waals surface area contributed by atoms with Crippen LogP contribution < -0.4 is 0 Å². The third-order valence-corrected chi connectivity index (χ3v) is 9.10. The monoisotopic (exact) mass is 729 g/mol. The van der Waals surface area contributed by atoms with Gasteiger partial charge in [-0.05, 0) is 57.8 Å². The second-order valence-corrected chi connectivity index (χ2v) is 14.2. The van der Waals surface area contributed by atoms with Crippen LogP contribution in [0.25, 0.3) is 0 Å². The number of unbranched alkanes of at least 4 members (excludes halogenated alkanes) is 19. The van der Waals surface area contributed by atoms with Gasteiger partial charge in [0.2, 0.25) is 0 Å². The van der Waals surface area contributed by atoms with Crippen LogP contribution in [0.1, 0.15) is 207 Å². The Morgan fingerprint density at radius 1 is 0.404 bits per heavy atom. The molecular weight excluding hydrogens is 648 g/mol. The molecule has 0 heterocycles. The quantitative estimate of drug-likeness (QED) is 0.0272. The zero-order chi connectivity index (χ0) is 38.0. The fourth-order valence-corrected chi connectivity index (χ4v) is 5.84. The molecule has 6 nitrogen and oxygen atoms in total. The Labute approximate surface area is 320 Å². The number of esters is 3. The summed E-state index contributed by atoms with van der Waals surface area (Å²) in [5, 5.41) is 0. The van der Waals surface area contributed by atoms with E-state index in [-0.39, 0.29) is 31.1 Å². The third-order valence-electron chi connectivity index (χ3n) is 9.10. The van der Waals surface area contributed by atoms with Gasteiger partial charge in [-0.1, -0.05) is 179 Å². The highest BCUT2D eigenvalue weighted by molar-refractivity contribution is 5.71. The summed E-state index contributed by atoms with van der Waals surface area (Å²) in [7, 11) is 0. The molecule has 0 aromatic carbocycles. The predicted molar refractivity (Wildman–Crippen MR) is 219 cm³/mol. The van der Waals surface area contributed by atoms with Crippen molar-refractivity contribution >= 4 is 17.9 Å². The van der Waals surface area contributed by atoms with E-state index in [1.165, 1.54) is 70.6 Å². The Bertz CT molecular complexity index is 933. The maximum atomic E-state index is 12.6. The SMILES string of the molecule is CC/C=C\C/C=C\C/C=C\C/C=C\CCCCCCC(=O)OCC(COC(=O)CCCCCCCCCC)OC(=O)CCCCCCCCCCC. The summed E-state index contributed by atoms with van der Waals surface area (Å²) in [4.78, 5) is 37.5. The maximum Gasteiger partial charge on any atom is 0.306 e. The van der Waals surface area contributed by atoms with Crippen molar-refractivity contribution in [3.63, 3.8) is 0 Å². The van der Waals surface area contributed by atoms with E-state index in [1.54, 1.807) is 0 Å². The van der Waals surface area contributed by atoms with E-state index >= 15 is 0 Å². The summed E-state index contributed by atoms with van der Waals surface area (Å²) in [5.41, 5.74) is 0. The predicted octanol–water partition coefficient (Wildman–Crippen LogP) is 13.6. The van der Waals surface area contributed by atoms with Crippen LogP contribution in [0.3, 0.4) is 0 Å². The molecule has 0 N–H and O–H groups in total. The van der Waals surface area contributed by atoms with Gasteiger partial charge in [-0.2, -0.15) is 0 Å². The van der Waals surface area contributed by atoms with Crippen LogP contribution >= 0.6 is 0 Å². The molecule has 0 saturated heterocycles. The molecule has 0 rings (SSSR count). The number of hydrogen-bond donors (Lipinski definition) is 0. The van der Waals surface area contributed by atoms with Crippen LogP contribution in [0.15, 0.2) is 48.6 Å². The lowest BCUT2D eigenvalue weighted by molar-refractivity contribution is -0.167. The Hall–Kier alpha value is -2.63. The number of carbonyl (C=O) groups is 3. The molecule has 0 aliphatic carbocycles. The molecule has 0 aliphatic heterocycles. The second kappa shape index (κ2) is 41.1. The van der Waals surface area contributed by atoms with Crippen LogP contribution in [0.2, 0.25) is 0 Å². The molecule has 0 aromatic rings. The highest BCUT2D eigenvalue weighted by Crippen LogP contribution is 2.13. The number of carbonyl (C=O) groups excluding carboxylic acids is 3. The Morgan fingerprint density at radius 3 is 1.17 bits per heavy atom. The Morgan fingerprint density at radius 2 is 0.750 bits per heavy atom. The average molecular weight is 729 g/mol. The number of rotatable bonds is 38. The summed E-state index contributed by atoms with van der Waals surface area (Å²) in [6.07, 6.45) is 46.7. The first kappa shape index (κ1) is 49.4. The lowest BCUT2D eigenvalue weighted by Gasteiger charge is -2.18. The molecule has 0 amide bonds. The molecule has 0 aliphatic rings. The van der Waals surface area contributed by atoms with Gasteiger partial charge in [0.1, 0.15) is 13.2 Å². The van der Waals surface area contributed by atoms with Gasteiger partial charge in [0.05, 0.1) is 0 Å². The van der Waals surface area contributed by atoms with Gasteiger partial charge < -0.3 is 14.2 Å². The average Bonchev–Trinajstić information content (AvgIpc) is 3.14. The topological polar surface area (TPSA) is 78.9 Å². The van der Waals surface area contributed by atoms with Gasteiger partial charge in [0.15, 0.2) is 6.10 Å². The normalized spacial score (nSPS) is 12.4. The molecule has 0 fully saturated rings. The molecule has 300 valence electrons. The molecule has 0 saturated carbocycles. The number of hydrogen-bond acceptors (Lipinski definition) is 6. The summed E-state index contributed by atoms with van der Waals surface area (Å²) in [6, 6.07) is 0. The van der Waals surface area contributed by atoms with E-state index in [0.29, 0.717) is 19.3 Å². The van der Waals surface area contributed by atoms with Crippen LogP contribution in [0, 0.1) is 0 Å². The Balaban J connectivity index is 4.34. The largest absolute Gasteiger partial charge is 0.462 e. The molecule has 1 unspecified atom stereocenters. The van der Waals surface area contributed by atoms with E-state index in [9.17, 15) is 14.4 Å². The fraction of sp³-hybridized carbons (Fsp3) is 0.761. The molecule has 0 aromatic heterocycles. The van der Waals surface area contributed by atoms with Crippen LogP contribution in [0.5, 0.6) is 0 Å². The molecule has 1 atom stereocenters. The van der Waals surface area contributed by atoms with E-state index in [4.69, 9.17) is 14.2 Å². The van der Waals surface area contributed by atoms with Gasteiger partial charge in [-0.15, -0.1) is 0 Å². The first-order valence-electron chi connectivity index (χ1n) is 21.6. The van der Waals surface area contributed by atoms with E-state index < -0.39 is 6.10 Å². The number of allylic oxidation sites excluding steroid dienone is 8. The van der Waals surface area contributed by atoms with Crippen molar-refractivity contribution in [2.75, 3.05) is 13.2 Å². The molecule has 52 heavy (non-hydrogen) atoms. The lowest BCUT2D eigenvalue weighted by atomic mass is 10.1. The smallest absolute Gasteiger partial charge is 0.306 e. The van der Waals surface area contributed by atoms with Crippen molar-refractivity contribution in [1.29, 1.82) is 0 Å². The summed E-state index contributed by atoms with van der Waals surface area (Å²) >= 11 is 0. The van der Waals surface area contributed by atoms with E-state index in [0.717, 1.165) is 96.3 Å². The third kappa shape index (κ3) is 38.6. The summed E-state index contributed by atoms with van der Waals surface area (Å²) in [5.74, 6) is -0.914. The van der Waals surface area contributed by atoms with Gasteiger partial charge >= 0.3 is 17.9 Å². The minimum Gasteiger partial charge on any atom is -0.462 e. The van der Waals surface area contributed by atoms with Gasteiger partial charge in [-0.25, -0.2) is 0 Å². The minimum atomic E-state index is -0.774. The van der Waals surface area contributed by atoms with Crippen LogP contribution in [-0.2, 0) is 28.6 Å². The molecule has 0 bridgehead atoms. The second-order valence-electron chi connectivity index (χ2n) is 14.2. The molecule has 0 radical (unpaired) electrons. The first-order valence-corrected chi connectivity index (χ1v) is 21.6. The van der Waals surface area contributed by atoms with Gasteiger partial charge in [0.25, 0.3) is 0 Å². The fourth-order valence-electron chi connectivity index (χ4n) is 5.84. The first-order chi connectivity index (χ1) is 25.5. The van der Waals surface area contributed by atoms with Crippen molar-refractivity contribution in [1.82, 2.24) is 0 Å². The maximum absolute atomic E-state index is 12.6. The van der Waals surface area contributed by atoms with Crippen molar-refractivity contribution < 1.29 is 28.6 Å². The zero-order valence-corrected chi connectivity index (χ0v) is 34.1. The molecular formula is C46H80O6. The van der Waals surface area contributed by atoms with E-state index in [1.807, 2.05) is 0 Å². The van der Waals surface area contributed by atoms with Gasteiger partial charge in [0, 0.05) is 19.3 Å². The summed E-state index contributed by atoms with van der Waals surface area (Å²) < 4.78 is 16.6.